The Labute approximate surface area is 101 Å². The van der Waals surface area contributed by atoms with E-state index in [0.29, 0.717) is 5.56 Å². The van der Waals surface area contributed by atoms with Gasteiger partial charge in [0.25, 0.3) is 0 Å². The summed E-state index contributed by atoms with van der Waals surface area (Å²) in [5.41, 5.74) is 3.62. The first-order chi connectivity index (χ1) is 8.24. The lowest BCUT2D eigenvalue weighted by molar-refractivity contribution is 0.730. The van der Waals surface area contributed by atoms with Crippen LogP contribution in [0.4, 0.5) is 0 Å². The topological polar surface area (TPSA) is 41.6 Å². The van der Waals surface area contributed by atoms with Crippen LogP contribution in [0.2, 0.25) is 0 Å². The highest BCUT2D eigenvalue weighted by Crippen LogP contribution is 2.20. The van der Waals surface area contributed by atoms with E-state index in [1.165, 1.54) is 0 Å². The van der Waals surface area contributed by atoms with Gasteiger partial charge in [0.2, 0.25) is 0 Å². The SMILES string of the molecule is C=CCc1cc(-c2cccc(C#N)c2)nn1C. The maximum Gasteiger partial charge on any atom is 0.0991 e. The molecule has 0 unspecified atom stereocenters. The summed E-state index contributed by atoms with van der Waals surface area (Å²) in [5, 5.41) is 13.3. The van der Waals surface area contributed by atoms with E-state index < -0.39 is 0 Å². The molecule has 0 fully saturated rings. The van der Waals surface area contributed by atoms with Crippen LogP contribution in [0.5, 0.6) is 0 Å². The fourth-order valence-corrected chi connectivity index (χ4v) is 1.73. The molecule has 1 aromatic carbocycles. The molecule has 0 aliphatic carbocycles. The Balaban J connectivity index is 2.42. The maximum absolute atomic E-state index is 8.86. The number of hydrogen-bond acceptors (Lipinski definition) is 2. The molecule has 0 amide bonds. The summed E-state index contributed by atoms with van der Waals surface area (Å²) in [5.74, 6) is 0. The zero-order chi connectivity index (χ0) is 12.3. The number of allylic oxidation sites excluding steroid dienone is 1. The van der Waals surface area contributed by atoms with Gasteiger partial charge in [-0.3, -0.25) is 4.68 Å². The number of nitrogens with zero attached hydrogens (tertiary/aromatic N) is 3. The highest BCUT2D eigenvalue weighted by molar-refractivity contribution is 5.61. The zero-order valence-electron chi connectivity index (χ0n) is 9.72. The predicted octanol–water partition coefficient (Wildman–Crippen LogP) is 2.69. The number of hydrogen-bond donors (Lipinski definition) is 0. The molecular weight excluding hydrogens is 210 g/mol. The van der Waals surface area contributed by atoms with Crippen molar-refractivity contribution in [2.75, 3.05) is 0 Å². The summed E-state index contributed by atoms with van der Waals surface area (Å²) >= 11 is 0. The normalized spacial score (nSPS) is 9.88. The molecule has 0 radical (unpaired) electrons. The van der Waals surface area contributed by atoms with Gasteiger partial charge in [-0.1, -0.05) is 18.2 Å². The minimum absolute atomic E-state index is 0.651. The van der Waals surface area contributed by atoms with E-state index in [9.17, 15) is 0 Å². The quantitative estimate of drug-likeness (QED) is 0.751. The fourth-order valence-electron chi connectivity index (χ4n) is 1.73. The molecule has 2 rings (SSSR count). The molecule has 17 heavy (non-hydrogen) atoms. The van der Waals surface area contributed by atoms with Gasteiger partial charge in [0.1, 0.15) is 0 Å². The Morgan fingerprint density at radius 2 is 2.29 bits per heavy atom. The first-order valence-electron chi connectivity index (χ1n) is 5.39. The van der Waals surface area contributed by atoms with Crippen LogP contribution in [-0.2, 0) is 13.5 Å². The van der Waals surface area contributed by atoms with Crippen molar-refractivity contribution < 1.29 is 0 Å². The van der Waals surface area contributed by atoms with Crippen LogP contribution in [-0.4, -0.2) is 9.78 Å². The van der Waals surface area contributed by atoms with Crippen LogP contribution in [0, 0.1) is 11.3 Å². The molecule has 0 aliphatic rings. The van der Waals surface area contributed by atoms with Crippen LogP contribution >= 0.6 is 0 Å². The second-order valence-corrected chi connectivity index (χ2v) is 3.83. The van der Waals surface area contributed by atoms with E-state index >= 15 is 0 Å². The van der Waals surface area contributed by atoms with Crippen molar-refractivity contribution in [3.8, 4) is 17.3 Å². The van der Waals surface area contributed by atoms with Crippen molar-refractivity contribution in [1.29, 1.82) is 5.26 Å². The van der Waals surface area contributed by atoms with Gasteiger partial charge >= 0.3 is 0 Å². The van der Waals surface area contributed by atoms with Crippen molar-refractivity contribution in [3.05, 3.63) is 54.2 Å². The molecule has 3 heteroatoms. The molecule has 0 bridgehead atoms. The summed E-state index contributed by atoms with van der Waals surface area (Å²) < 4.78 is 1.84. The molecule has 2 aromatic rings. The third-order valence-electron chi connectivity index (χ3n) is 2.62. The molecule has 0 spiro atoms. The monoisotopic (exact) mass is 223 g/mol. The Hall–Kier alpha value is -2.34. The predicted molar refractivity (Wildman–Crippen MR) is 67.3 cm³/mol. The Kier molecular flexibility index (Phi) is 3.06. The standard InChI is InChI=1S/C14H13N3/c1-3-5-13-9-14(16-17(13)2)12-7-4-6-11(8-12)10-15/h3-4,6-9H,1,5H2,2H3. The Bertz CT molecular complexity index is 588. The largest absolute Gasteiger partial charge is 0.272 e. The van der Waals surface area contributed by atoms with E-state index in [4.69, 9.17) is 5.26 Å². The molecule has 3 nitrogen and oxygen atoms in total. The average Bonchev–Trinajstić information content (AvgIpc) is 2.72. The summed E-state index contributed by atoms with van der Waals surface area (Å²) in [7, 11) is 1.91. The summed E-state index contributed by atoms with van der Waals surface area (Å²) in [6.07, 6.45) is 2.65. The second-order valence-electron chi connectivity index (χ2n) is 3.83. The lowest BCUT2D eigenvalue weighted by Crippen LogP contribution is -1.96. The zero-order valence-corrected chi connectivity index (χ0v) is 9.72. The highest BCUT2D eigenvalue weighted by atomic mass is 15.3. The highest BCUT2D eigenvalue weighted by Gasteiger charge is 2.06. The molecule has 0 atom stereocenters. The van der Waals surface area contributed by atoms with Crippen molar-refractivity contribution in [2.45, 2.75) is 6.42 Å². The second kappa shape index (κ2) is 4.67. The summed E-state index contributed by atoms with van der Waals surface area (Å²) in [4.78, 5) is 0. The lowest BCUT2D eigenvalue weighted by atomic mass is 10.1. The molecule has 0 saturated heterocycles. The number of benzene rings is 1. The van der Waals surface area contributed by atoms with Crippen molar-refractivity contribution in [1.82, 2.24) is 9.78 Å². The van der Waals surface area contributed by atoms with E-state index in [0.717, 1.165) is 23.4 Å². The van der Waals surface area contributed by atoms with Crippen LogP contribution in [0.1, 0.15) is 11.3 Å². The molecule has 0 aliphatic heterocycles. The van der Waals surface area contributed by atoms with Gasteiger partial charge in [-0.15, -0.1) is 6.58 Å². The third-order valence-corrected chi connectivity index (χ3v) is 2.62. The fraction of sp³-hybridized carbons (Fsp3) is 0.143. The lowest BCUT2D eigenvalue weighted by Gasteiger charge is -1.96. The van der Waals surface area contributed by atoms with Crippen LogP contribution in [0.15, 0.2) is 43.0 Å². The molecule has 1 heterocycles. The molecular formula is C14H13N3. The van der Waals surface area contributed by atoms with E-state index in [1.807, 2.05) is 42.1 Å². The molecule has 0 N–H and O–H groups in total. The third kappa shape index (κ3) is 2.26. The van der Waals surface area contributed by atoms with Gasteiger partial charge in [-0.05, 0) is 18.2 Å². The van der Waals surface area contributed by atoms with E-state index in [1.54, 1.807) is 6.07 Å². The Morgan fingerprint density at radius 1 is 1.47 bits per heavy atom. The number of aromatic nitrogens is 2. The van der Waals surface area contributed by atoms with E-state index in [2.05, 4.69) is 17.7 Å². The van der Waals surface area contributed by atoms with Crippen molar-refractivity contribution >= 4 is 0 Å². The van der Waals surface area contributed by atoms with Gasteiger partial charge in [0, 0.05) is 24.7 Å². The average molecular weight is 223 g/mol. The maximum atomic E-state index is 8.86. The van der Waals surface area contributed by atoms with Crippen LogP contribution in [0.25, 0.3) is 11.3 Å². The van der Waals surface area contributed by atoms with E-state index in [-0.39, 0.29) is 0 Å². The van der Waals surface area contributed by atoms with Crippen molar-refractivity contribution in [3.63, 3.8) is 0 Å². The van der Waals surface area contributed by atoms with Gasteiger partial charge < -0.3 is 0 Å². The molecule has 0 saturated carbocycles. The number of aryl methyl sites for hydroxylation is 1. The van der Waals surface area contributed by atoms with Gasteiger partial charge in [0.05, 0.1) is 17.3 Å². The first-order valence-corrected chi connectivity index (χ1v) is 5.39. The Morgan fingerprint density at radius 3 is 3.00 bits per heavy atom. The smallest absolute Gasteiger partial charge is 0.0991 e. The minimum Gasteiger partial charge on any atom is -0.272 e. The molecule has 1 aromatic heterocycles. The number of nitriles is 1. The minimum atomic E-state index is 0.651. The number of rotatable bonds is 3. The van der Waals surface area contributed by atoms with Crippen molar-refractivity contribution in [2.24, 2.45) is 7.05 Å². The van der Waals surface area contributed by atoms with Gasteiger partial charge in [0.15, 0.2) is 0 Å². The summed E-state index contributed by atoms with van der Waals surface area (Å²) in [6, 6.07) is 11.6. The molecule has 84 valence electrons. The summed E-state index contributed by atoms with van der Waals surface area (Å²) in [6.45, 7) is 3.72. The van der Waals surface area contributed by atoms with Crippen LogP contribution in [0.3, 0.4) is 0 Å². The van der Waals surface area contributed by atoms with Gasteiger partial charge in [-0.2, -0.15) is 10.4 Å². The van der Waals surface area contributed by atoms with Crippen LogP contribution < -0.4 is 0 Å². The van der Waals surface area contributed by atoms with Gasteiger partial charge in [-0.25, -0.2) is 0 Å². The first kappa shape index (κ1) is 11.2.